The van der Waals surface area contributed by atoms with Gasteiger partial charge in [0.2, 0.25) is 0 Å². The van der Waals surface area contributed by atoms with Crippen LogP contribution in [0.25, 0.3) is 0 Å². The van der Waals surface area contributed by atoms with Crippen molar-refractivity contribution in [2.24, 2.45) is 5.92 Å². The Kier molecular flexibility index (Phi) is 15.5. The molecule has 0 aromatic rings. The van der Waals surface area contributed by atoms with Crippen LogP contribution in [0.4, 0.5) is 0 Å². The van der Waals surface area contributed by atoms with E-state index in [1.807, 2.05) is 0 Å². The Labute approximate surface area is 120 Å². The molecule has 0 amide bonds. The van der Waals surface area contributed by atoms with Crippen molar-refractivity contribution < 1.29 is 0 Å². The zero-order chi connectivity index (χ0) is 13.5. The lowest BCUT2D eigenvalue weighted by Crippen LogP contribution is -2.24. The summed E-state index contributed by atoms with van der Waals surface area (Å²) >= 11 is 5.83. The van der Waals surface area contributed by atoms with Crippen LogP contribution >= 0.6 is 11.6 Å². The number of halogens is 1. The molecular formula is C16H34ClN. The van der Waals surface area contributed by atoms with E-state index in [0.29, 0.717) is 0 Å². The Morgan fingerprint density at radius 1 is 0.833 bits per heavy atom. The first-order valence-electron chi connectivity index (χ1n) is 8.11. The molecule has 0 fully saturated rings. The predicted octanol–water partition coefficient (Wildman–Crippen LogP) is 5.37. The molecule has 0 aliphatic heterocycles. The molecule has 0 saturated carbocycles. The monoisotopic (exact) mass is 275 g/mol. The summed E-state index contributed by atoms with van der Waals surface area (Å²) in [6.07, 6.45) is 13.5. The van der Waals surface area contributed by atoms with Gasteiger partial charge in [0.25, 0.3) is 0 Å². The normalized spacial score (nSPS) is 12.8. The van der Waals surface area contributed by atoms with Crippen LogP contribution in [0.15, 0.2) is 0 Å². The molecule has 18 heavy (non-hydrogen) atoms. The summed E-state index contributed by atoms with van der Waals surface area (Å²) in [7, 11) is 0. The van der Waals surface area contributed by atoms with E-state index in [9.17, 15) is 0 Å². The maximum atomic E-state index is 5.83. The standard InChI is InChI=1S/C16H34ClN/c1-3-5-6-7-8-9-10-14-18-15-16(11-4-2)12-13-17/h16,18H,3-15H2,1-2H3. The Balaban J connectivity index is 3.21. The molecule has 0 heterocycles. The number of alkyl halides is 1. The third-order valence-electron chi connectivity index (χ3n) is 3.60. The van der Waals surface area contributed by atoms with Crippen molar-refractivity contribution >= 4 is 11.6 Å². The van der Waals surface area contributed by atoms with Crippen LogP contribution in [-0.2, 0) is 0 Å². The van der Waals surface area contributed by atoms with Gasteiger partial charge in [-0.15, -0.1) is 11.6 Å². The fourth-order valence-corrected chi connectivity index (χ4v) is 2.73. The van der Waals surface area contributed by atoms with Crippen molar-refractivity contribution in [1.82, 2.24) is 5.32 Å². The maximum Gasteiger partial charge on any atom is 0.0226 e. The van der Waals surface area contributed by atoms with E-state index in [4.69, 9.17) is 11.6 Å². The van der Waals surface area contributed by atoms with Crippen molar-refractivity contribution in [3.63, 3.8) is 0 Å². The summed E-state index contributed by atoms with van der Waals surface area (Å²) in [5.41, 5.74) is 0. The van der Waals surface area contributed by atoms with Gasteiger partial charge in [-0.2, -0.15) is 0 Å². The Hall–Kier alpha value is 0.250. The molecule has 0 bridgehead atoms. The predicted molar refractivity (Wildman–Crippen MR) is 84.6 cm³/mol. The summed E-state index contributed by atoms with van der Waals surface area (Å²) in [5.74, 6) is 1.60. The van der Waals surface area contributed by atoms with Crippen LogP contribution in [0, 0.1) is 5.92 Å². The van der Waals surface area contributed by atoms with Crippen molar-refractivity contribution in [2.45, 2.75) is 78.1 Å². The second-order valence-electron chi connectivity index (χ2n) is 5.46. The topological polar surface area (TPSA) is 12.0 Å². The van der Waals surface area contributed by atoms with E-state index in [-0.39, 0.29) is 0 Å². The van der Waals surface area contributed by atoms with Gasteiger partial charge in [-0.3, -0.25) is 0 Å². The highest BCUT2D eigenvalue weighted by molar-refractivity contribution is 6.17. The van der Waals surface area contributed by atoms with E-state index in [1.165, 1.54) is 70.8 Å². The molecule has 1 nitrogen and oxygen atoms in total. The summed E-state index contributed by atoms with van der Waals surface area (Å²) < 4.78 is 0. The average molecular weight is 276 g/mol. The van der Waals surface area contributed by atoms with E-state index >= 15 is 0 Å². The highest BCUT2D eigenvalue weighted by Gasteiger charge is 2.05. The molecule has 1 unspecified atom stereocenters. The third-order valence-corrected chi connectivity index (χ3v) is 3.82. The van der Waals surface area contributed by atoms with E-state index in [1.54, 1.807) is 0 Å². The van der Waals surface area contributed by atoms with Crippen LogP contribution < -0.4 is 5.32 Å². The number of rotatable bonds is 14. The van der Waals surface area contributed by atoms with Crippen LogP contribution in [-0.4, -0.2) is 19.0 Å². The van der Waals surface area contributed by atoms with Crippen molar-refractivity contribution in [2.75, 3.05) is 19.0 Å². The van der Waals surface area contributed by atoms with Crippen LogP contribution in [0.1, 0.15) is 78.1 Å². The molecule has 0 aromatic heterocycles. The van der Waals surface area contributed by atoms with Crippen molar-refractivity contribution in [1.29, 1.82) is 0 Å². The van der Waals surface area contributed by atoms with Crippen LogP contribution in [0.2, 0.25) is 0 Å². The fraction of sp³-hybridized carbons (Fsp3) is 1.00. The molecule has 2 heteroatoms. The largest absolute Gasteiger partial charge is 0.316 e. The minimum Gasteiger partial charge on any atom is -0.316 e. The lowest BCUT2D eigenvalue weighted by Gasteiger charge is -2.15. The van der Waals surface area contributed by atoms with Gasteiger partial charge < -0.3 is 5.32 Å². The Morgan fingerprint density at radius 3 is 2.11 bits per heavy atom. The summed E-state index contributed by atoms with van der Waals surface area (Å²) in [5, 5.41) is 3.60. The minimum absolute atomic E-state index is 0.789. The molecule has 1 atom stereocenters. The smallest absolute Gasteiger partial charge is 0.0226 e. The van der Waals surface area contributed by atoms with Crippen LogP contribution in [0.3, 0.4) is 0 Å². The molecule has 0 spiro atoms. The van der Waals surface area contributed by atoms with Gasteiger partial charge in [0.05, 0.1) is 0 Å². The van der Waals surface area contributed by atoms with Crippen molar-refractivity contribution in [3.8, 4) is 0 Å². The summed E-state index contributed by atoms with van der Waals surface area (Å²) in [6, 6.07) is 0. The SMILES string of the molecule is CCCCCCCCCNCC(CCC)CCCl. The van der Waals surface area contributed by atoms with E-state index in [2.05, 4.69) is 19.2 Å². The number of unbranched alkanes of at least 4 members (excludes halogenated alkanes) is 6. The van der Waals surface area contributed by atoms with Gasteiger partial charge >= 0.3 is 0 Å². The molecule has 0 rings (SSSR count). The third kappa shape index (κ3) is 12.7. The van der Waals surface area contributed by atoms with Crippen molar-refractivity contribution in [3.05, 3.63) is 0 Å². The average Bonchev–Trinajstić information content (AvgIpc) is 2.37. The van der Waals surface area contributed by atoms with E-state index in [0.717, 1.165) is 18.3 Å². The van der Waals surface area contributed by atoms with Crippen LogP contribution in [0.5, 0.6) is 0 Å². The van der Waals surface area contributed by atoms with Gasteiger partial charge in [-0.1, -0.05) is 58.8 Å². The fourth-order valence-electron chi connectivity index (χ4n) is 2.42. The lowest BCUT2D eigenvalue weighted by molar-refractivity contribution is 0.426. The van der Waals surface area contributed by atoms with Gasteiger partial charge in [0.15, 0.2) is 0 Å². The number of nitrogens with one attached hydrogen (secondary N) is 1. The zero-order valence-corrected chi connectivity index (χ0v) is 13.4. The number of hydrogen-bond acceptors (Lipinski definition) is 1. The first kappa shape index (κ1) is 18.2. The van der Waals surface area contributed by atoms with Gasteiger partial charge in [0, 0.05) is 5.88 Å². The molecule has 110 valence electrons. The molecule has 1 N–H and O–H groups in total. The summed E-state index contributed by atoms with van der Waals surface area (Å²) in [4.78, 5) is 0. The second-order valence-corrected chi connectivity index (χ2v) is 5.84. The van der Waals surface area contributed by atoms with Gasteiger partial charge in [-0.05, 0) is 38.3 Å². The lowest BCUT2D eigenvalue weighted by atomic mass is 10.0. The molecule has 0 saturated heterocycles. The van der Waals surface area contributed by atoms with Gasteiger partial charge in [0.1, 0.15) is 0 Å². The van der Waals surface area contributed by atoms with E-state index < -0.39 is 0 Å². The summed E-state index contributed by atoms with van der Waals surface area (Å²) in [6.45, 7) is 6.89. The number of hydrogen-bond donors (Lipinski definition) is 1. The zero-order valence-electron chi connectivity index (χ0n) is 12.6. The maximum absolute atomic E-state index is 5.83. The highest BCUT2D eigenvalue weighted by atomic mass is 35.5. The molecule has 0 aliphatic rings. The quantitative estimate of drug-likeness (QED) is 0.332. The Bertz CT molecular complexity index is 144. The molecule has 0 aromatic carbocycles. The Morgan fingerprint density at radius 2 is 1.50 bits per heavy atom. The molecule has 0 aliphatic carbocycles. The second kappa shape index (κ2) is 15.3. The molecule has 0 radical (unpaired) electrons. The first-order valence-corrected chi connectivity index (χ1v) is 8.65. The molecular weight excluding hydrogens is 242 g/mol. The van der Waals surface area contributed by atoms with Gasteiger partial charge in [-0.25, -0.2) is 0 Å². The first-order chi connectivity index (χ1) is 8.85. The minimum atomic E-state index is 0.789. The highest BCUT2D eigenvalue weighted by Crippen LogP contribution is 2.11.